The fourth-order valence-corrected chi connectivity index (χ4v) is 3.87. The number of anilines is 1. The number of thiazole rings is 1. The minimum Gasteiger partial charge on any atom is -0.345 e. The molecule has 2 saturated heterocycles. The van der Waals surface area contributed by atoms with Crippen LogP contribution in [0.3, 0.4) is 0 Å². The highest BCUT2D eigenvalue weighted by Gasteiger charge is 2.33. The summed E-state index contributed by atoms with van der Waals surface area (Å²) in [4.78, 5) is 34.7. The molecule has 0 aromatic carbocycles. The molecule has 3 heterocycles. The summed E-state index contributed by atoms with van der Waals surface area (Å²) < 4.78 is 0. The molecule has 7 heteroatoms. The molecule has 0 radical (unpaired) electrons. The van der Waals surface area contributed by atoms with Gasteiger partial charge in [0.25, 0.3) is 0 Å². The number of hydrogen-bond donors (Lipinski definition) is 0. The first-order valence-electron chi connectivity index (χ1n) is 7.90. The average Bonchev–Trinajstić information content (AvgIpc) is 3.09. The van der Waals surface area contributed by atoms with Gasteiger partial charge in [0.2, 0.25) is 11.8 Å². The van der Waals surface area contributed by atoms with Gasteiger partial charge in [0.15, 0.2) is 5.13 Å². The van der Waals surface area contributed by atoms with E-state index >= 15 is 0 Å². The van der Waals surface area contributed by atoms with Crippen molar-refractivity contribution in [2.24, 2.45) is 5.92 Å². The molecule has 1 aromatic heterocycles. The first kappa shape index (κ1) is 15.3. The lowest BCUT2D eigenvalue weighted by atomic mass is 9.95. The number of hydrogen-bond acceptors (Lipinski definition) is 5. The molecule has 2 amide bonds. The Morgan fingerprint density at radius 1 is 1.36 bits per heavy atom. The molecule has 3 rings (SSSR count). The predicted molar refractivity (Wildman–Crippen MR) is 85.9 cm³/mol. The van der Waals surface area contributed by atoms with Crippen molar-refractivity contribution in [2.45, 2.75) is 19.8 Å². The lowest BCUT2D eigenvalue weighted by molar-refractivity contribution is -0.143. The van der Waals surface area contributed by atoms with E-state index in [0.717, 1.165) is 31.3 Å². The molecule has 0 spiro atoms. The molecular weight excluding hydrogens is 300 g/mol. The summed E-state index contributed by atoms with van der Waals surface area (Å²) in [5.74, 6) is 0.369. The van der Waals surface area contributed by atoms with Crippen LogP contribution in [0.15, 0.2) is 11.6 Å². The minimum absolute atomic E-state index is 0.0240. The van der Waals surface area contributed by atoms with Gasteiger partial charge in [-0.25, -0.2) is 4.98 Å². The summed E-state index contributed by atoms with van der Waals surface area (Å²) in [6.45, 7) is 6.41. The molecule has 6 nitrogen and oxygen atoms in total. The van der Waals surface area contributed by atoms with Crippen molar-refractivity contribution < 1.29 is 9.59 Å². The van der Waals surface area contributed by atoms with Gasteiger partial charge in [0.1, 0.15) is 0 Å². The molecule has 2 fully saturated rings. The Morgan fingerprint density at radius 3 is 2.77 bits per heavy atom. The lowest BCUT2D eigenvalue weighted by Crippen LogP contribution is -2.53. The van der Waals surface area contributed by atoms with Crippen LogP contribution >= 0.6 is 11.3 Å². The van der Waals surface area contributed by atoms with E-state index in [1.165, 1.54) is 0 Å². The van der Waals surface area contributed by atoms with Gasteiger partial charge in [-0.15, -0.1) is 11.3 Å². The van der Waals surface area contributed by atoms with Crippen molar-refractivity contribution in [3.63, 3.8) is 0 Å². The van der Waals surface area contributed by atoms with E-state index in [4.69, 9.17) is 0 Å². The van der Waals surface area contributed by atoms with E-state index in [1.807, 2.05) is 23.4 Å². The molecule has 0 bridgehead atoms. The largest absolute Gasteiger partial charge is 0.345 e. The molecule has 0 aliphatic carbocycles. The molecule has 1 unspecified atom stereocenters. The normalized spacial score (nSPS) is 23.0. The maximum atomic E-state index is 12.7. The van der Waals surface area contributed by atoms with Crippen molar-refractivity contribution in [1.82, 2.24) is 14.8 Å². The Morgan fingerprint density at radius 2 is 2.14 bits per heavy atom. The zero-order valence-corrected chi connectivity index (χ0v) is 13.7. The first-order chi connectivity index (χ1) is 10.7. The third-order valence-corrected chi connectivity index (χ3v) is 5.34. The van der Waals surface area contributed by atoms with Gasteiger partial charge in [-0.1, -0.05) is 0 Å². The molecule has 0 N–H and O–H groups in total. The van der Waals surface area contributed by atoms with Crippen LogP contribution in [0.5, 0.6) is 0 Å². The van der Waals surface area contributed by atoms with Crippen molar-refractivity contribution in [1.29, 1.82) is 0 Å². The highest BCUT2D eigenvalue weighted by atomic mass is 32.1. The molecule has 22 heavy (non-hydrogen) atoms. The summed E-state index contributed by atoms with van der Waals surface area (Å²) in [5.41, 5.74) is 0. The minimum atomic E-state index is -0.0240. The number of carbonyl (C=O) groups is 2. The Balaban J connectivity index is 1.54. The van der Waals surface area contributed by atoms with E-state index in [0.29, 0.717) is 25.9 Å². The first-order valence-corrected chi connectivity index (χ1v) is 8.78. The van der Waals surface area contributed by atoms with Crippen LogP contribution in [0.25, 0.3) is 0 Å². The third kappa shape index (κ3) is 3.09. The topological polar surface area (TPSA) is 56.8 Å². The van der Waals surface area contributed by atoms with Crippen LogP contribution in [-0.2, 0) is 9.59 Å². The second-order valence-corrected chi connectivity index (χ2v) is 6.67. The molecule has 0 saturated carbocycles. The van der Waals surface area contributed by atoms with E-state index in [1.54, 1.807) is 16.2 Å². The fraction of sp³-hybridized carbons (Fsp3) is 0.667. The van der Waals surface area contributed by atoms with Crippen molar-refractivity contribution in [2.75, 3.05) is 44.2 Å². The van der Waals surface area contributed by atoms with Crippen LogP contribution in [0.1, 0.15) is 19.8 Å². The molecule has 2 aliphatic rings. The van der Waals surface area contributed by atoms with Crippen molar-refractivity contribution in [3.05, 3.63) is 11.6 Å². The second kappa shape index (κ2) is 6.64. The number of likely N-dealkylation sites (tertiary alicyclic amines) is 1. The van der Waals surface area contributed by atoms with Gasteiger partial charge in [-0.05, 0) is 13.3 Å². The third-order valence-electron chi connectivity index (χ3n) is 4.51. The summed E-state index contributed by atoms with van der Waals surface area (Å²) in [5, 5.41) is 3.01. The highest BCUT2D eigenvalue weighted by molar-refractivity contribution is 7.13. The number of amides is 2. The zero-order valence-electron chi connectivity index (χ0n) is 12.9. The van der Waals surface area contributed by atoms with Gasteiger partial charge >= 0.3 is 0 Å². The van der Waals surface area contributed by atoms with Gasteiger partial charge in [-0.3, -0.25) is 9.59 Å². The number of rotatable bonds is 3. The summed E-state index contributed by atoms with van der Waals surface area (Å²) in [6, 6.07) is 0. The maximum absolute atomic E-state index is 12.7. The van der Waals surface area contributed by atoms with Gasteiger partial charge in [-0.2, -0.15) is 0 Å². The number of nitrogens with zero attached hydrogens (tertiary/aromatic N) is 4. The Kier molecular flexibility index (Phi) is 4.61. The van der Waals surface area contributed by atoms with Crippen LogP contribution in [0, 0.1) is 5.92 Å². The van der Waals surface area contributed by atoms with Crippen LogP contribution < -0.4 is 4.90 Å². The maximum Gasteiger partial charge on any atom is 0.227 e. The Labute approximate surface area is 134 Å². The second-order valence-electron chi connectivity index (χ2n) is 5.79. The monoisotopic (exact) mass is 322 g/mol. The standard InChI is InChI=1S/C15H22N4O2S/c1-2-17-11-12(3-4-13(17)20)14(21)18-6-8-19(9-7-18)15-16-5-10-22-15/h5,10,12H,2-4,6-9,11H2,1H3. The number of carbonyl (C=O) groups excluding carboxylic acids is 2. The smallest absolute Gasteiger partial charge is 0.227 e. The van der Waals surface area contributed by atoms with Crippen LogP contribution in [-0.4, -0.2) is 65.9 Å². The average molecular weight is 322 g/mol. The van der Waals surface area contributed by atoms with E-state index in [-0.39, 0.29) is 17.7 Å². The van der Waals surface area contributed by atoms with Gasteiger partial charge in [0.05, 0.1) is 5.92 Å². The Bertz CT molecular complexity index is 526. The summed E-state index contributed by atoms with van der Waals surface area (Å²) >= 11 is 1.64. The molecular formula is C15H22N4O2S. The zero-order chi connectivity index (χ0) is 15.5. The SMILES string of the molecule is CCN1CC(C(=O)N2CCN(c3nccs3)CC2)CCC1=O. The highest BCUT2D eigenvalue weighted by Crippen LogP contribution is 2.22. The summed E-state index contributed by atoms with van der Waals surface area (Å²) in [6.07, 6.45) is 3.01. The molecule has 1 aromatic rings. The number of piperazine rings is 1. The number of piperidine rings is 1. The van der Waals surface area contributed by atoms with E-state index < -0.39 is 0 Å². The van der Waals surface area contributed by atoms with Crippen molar-refractivity contribution >= 4 is 28.3 Å². The van der Waals surface area contributed by atoms with Crippen LogP contribution in [0.2, 0.25) is 0 Å². The quantitative estimate of drug-likeness (QED) is 0.835. The van der Waals surface area contributed by atoms with E-state index in [2.05, 4.69) is 9.88 Å². The fourth-order valence-electron chi connectivity index (χ4n) is 3.17. The lowest BCUT2D eigenvalue weighted by Gasteiger charge is -2.38. The molecule has 1 atom stereocenters. The predicted octanol–water partition coefficient (Wildman–Crippen LogP) is 1.05. The van der Waals surface area contributed by atoms with Crippen molar-refractivity contribution in [3.8, 4) is 0 Å². The molecule has 2 aliphatic heterocycles. The molecule has 120 valence electrons. The van der Waals surface area contributed by atoms with Gasteiger partial charge in [0, 0.05) is 57.3 Å². The van der Waals surface area contributed by atoms with Gasteiger partial charge < -0.3 is 14.7 Å². The summed E-state index contributed by atoms with van der Waals surface area (Å²) in [7, 11) is 0. The number of aromatic nitrogens is 1. The van der Waals surface area contributed by atoms with E-state index in [9.17, 15) is 9.59 Å². The van der Waals surface area contributed by atoms with Crippen LogP contribution in [0.4, 0.5) is 5.13 Å². The Hall–Kier alpha value is -1.63.